The Labute approximate surface area is 200 Å². The predicted molar refractivity (Wildman–Crippen MR) is 129 cm³/mol. The number of carbonyl (C=O) groups excluding carboxylic acids is 1. The monoisotopic (exact) mass is 488 g/mol. The van der Waals surface area contributed by atoms with Crippen molar-refractivity contribution in [2.45, 2.75) is 50.0 Å². The molecular weight excluding hydrogens is 456 g/mol. The van der Waals surface area contributed by atoms with E-state index in [1.165, 1.54) is 25.0 Å². The minimum Gasteiger partial charge on any atom is -0.486 e. The molecule has 1 fully saturated rings. The van der Waals surface area contributed by atoms with Gasteiger partial charge in [0, 0.05) is 44.9 Å². The van der Waals surface area contributed by atoms with E-state index in [2.05, 4.69) is 19.9 Å². The van der Waals surface area contributed by atoms with Crippen molar-refractivity contribution in [1.82, 2.24) is 15.0 Å². The summed E-state index contributed by atoms with van der Waals surface area (Å²) < 4.78 is 38.5. The van der Waals surface area contributed by atoms with Crippen LogP contribution in [-0.2, 0) is 21.4 Å². The fraction of sp³-hybridized carbons (Fsp3) is 0.500. The SMILES string of the molecule is O=C(CCCCCNS(=O)(=O)c1ccc2c(c1)OCCO2)NCc1ccc(N2CCCC2)nc1. The van der Waals surface area contributed by atoms with Gasteiger partial charge in [-0.15, -0.1) is 0 Å². The van der Waals surface area contributed by atoms with Gasteiger partial charge < -0.3 is 19.7 Å². The molecule has 0 unspecified atom stereocenters. The highest BCUT2D eigenvalue weighted by molar-refractivity contribution is 7.89. The smallest absolute Gasteiger partial charge is 0.240 e. The molecule has 2 aromatic rings. The van der Waals surface area contributed by atoms with Crippen LogP contribution >= 0.6 is 0 Å². The number of sulfonamides is 1. The number of ether oxygens (including phenoxy) is 2. The standard InChI is InChI=1S/C24H32N4O5S/c29-24(26-18-19-7-10-23(25-17-19)28-12-4-5-13-28)6-2-1-3-11-27-34(30,31)20-8-9-21-22(16-20)33-15-14-32-21/h7-10,16-17,27H,1-6,11-15,18H2,(H,26,29). The van der Waals surface area contributed by atoms with Gasteiger partial charge in [0.2, 0.25) is 15.9 Å². The maximum absolute atomic E-state index is 12.5. The van der Waals surface area contributed by atoms with E-state index in [1.807, 2.05) is 18.3 Å². The molecule has 184 valence electrons. The molecule has 10 heteroatoms. The second kappa shape index (κ2) is 11.5. The van der Waals surface area contributed by atoms with Crippen molar-refractivity contribution in [1.29, 1.82) is 0 Å². The molecule has 1 aromatic heterocycles. The van der Waals surface area contributed by atoms with Crippen molar-refractivity contribution in [3.8, 4) is 11.5 Å². The average Bonchev–Trinajstić information content (AvgIpc) is 3.40. The number of carbonyl (C=O) groups is 1. The first-order valence-corrected chi connectivity index (χ1v) is 13.4. The Balaban J connectivity index is 1.10. The molecule has 0 radical (unpaired) electrons. The number of hydrogen-bond acceptors (Lipinski definition) is 7. The van der Waals surface area contributed by atoms with Gasteiger partial charge in [-0.25, -0.2) is 18.1 Å². The number of fused-ring (bicyclic) bond motifs is 1. The summed E-state index contributed by atoms with van der Waals surface area (Å²) in [7, 11) is -3.62. The van der Waals surface area contributed by atoms with Crippen molar-refractivity contribution in [2.75, 3.05) is 37.7 Å². The third kappa shape index (κ3) is 6.60. The molecule has 1 amide bonds. The molecule has 2 aliphatic rings. The number of aromatic nitrogens is 1. The molecule has 34 heavy (non-hydrogen) atoms. The number of amides is 1. The first-order chi connectivity index (χ1) is 16.5. The summed E-state index contributed by atoms with van der Waals surface area (Å²) in [4.78, 5) is 19.0. The van der Waals surface area contributed by atoms with Gasteiger partial charge in [0.15, 0.2) is 11.5 Å². The maximum Gasteiger partial charge on any atom is 0.240 e. The minimum absolute atomic E-state index is 0.0134. The van der Waals surface area contributed by atoms with E-state index in [1.54, 1.807) is 6.07 Å². The highest BCUT2D eigenvalue weighted by Crippen LogP contribution is 2.32. The summed E-state index contributed by atoms with van der Waals surface area (Å²) in [6.07, 6.45) is 6.76. The number of rotatable bonds is 11. The van der Waals surface area contributed by atoms with Crippen LogP contribution in [0.15, 0.2) is 41.4 Å². The number of benzene rings is 1. The topological polar surface area (TPSA) is 110 Å². The van der Waals surface area contributed by atoms with E-state index < -0.39 is 10.0 Å². The van der Waals surface area contributed by atoms with Crippen molar-refractivity contribution >= 4 is 21.7 Å². The summed E-state index contributed by atoms with van der Waals surface area (Å²) >= 11 is 0. The number of hydrogen-bond donors (Lipinski definition) is 2. The molecule has 2 N–H and O–H groups in total. The Bertz CT molecular complexity index is 1070. The summed E-state index contributed by atoms with van der Waals surface area (Å²) in [5.41, 5.74) is 0.977. The van der Waals surface area contributed by atoms with Crippen molar-refractivity contribution in [2.24, 2.45) is 0 Å². The van der Waals surface area contributed by atoms with E-state index >= 15 is 0 Å². The molecule has 9 nitrogen and oxygen atoms in total. The average molecular weight is 489 g/mol. The Morgan fingerprint density at radius 2 is 1.79 bits per heavy atom. The van der Waals surface area contributed by atoms with Crippen molar-refractivity contribution in [3.05, 3.63) is 42.1 Å². The molecule has 0 aliphatic carbocycles. The van der Waals surface area contributed by atoms with Gasteiger partial charge in [0.05, 0.1) is 4.90 Å². The zero-order valence-electron chi connectivity index (χ0n) is 19.3. The van der Waals surface area contributed by atoms with Gasteiger partial charge in [0.1, 0.15) is 19.0 Å². The van der Waals surface area contributed by atoms with Crippen molar-refractivity contribution < 1.29 is 22.7 Å². The lowest BCUT2D eigenvalue weighted by Gasteiger charge is -2.18. The van der Waals surface area contributed by atoms with Crippen LogP contribution in [0.2, 0.25) is 0 Å². The quantitative estimate of drug-likeness (QED) is 0.468. The van der Waals surface area contributed by atoms with E-state index in [0.29, 0.717) is 57.1 Å². The molecular formula is C24H32N4O5S. The fourth-order valence-corrected chi connectivity index (χ4v) is 5.10. The van der Waals surface area contributed by atoms with Gasteiger partial charge in [-0.1, -0.05) is 12.5 Å². The maximum atomic E-state index is 12.5. The Kier molecular flexibility index (Phi) is 8.23. The highest BCUT2D eigenvalue weighted by Gasteiger charge is 2.19. The van der Waals surface area contributed by atoms with E-state index in [-0.39, 0.29) is 10.8 Å². The second-order valence-corrected chi connectivity index (χ2v) is 10.3. The molecule has 0 atom stereocenters. The molecule has 0 spiro atoms. The fourth-order valence-electron chi connectivity index (χ4n) is 4.01. The molecule has 3 heterocycles. The van der Waals surface area contributed by atoms with Crippen LogP contribution < -0.4 is 24.4 Å². The molecule has 0 saturated carbocycles. The Morgan fingerprint density at radius 3 is 2.56 bits per heavy atom. The molecule has 4 rings (SSSR count). The lowest BCUT2D eigenvalue weighted by molar-refractivity contribution is -0.121. The minimum atomic E-state index is -3.62. The zero-order chi connectivity index (χ0) is 23.8. The summed E-state index contributed by atoms with van der Waals surface area (Å²) in [6, 6.07) is 8.62. The van der Waals surface area contributed by atoms with Gasteiger partial charge >= 0.3 is 0 Å². The number of pyridine rings is 1. The second-order valence-electron chi connectivity index (χ2n) is 8.51. The van der Waals surface area contributed by atoms with Crippen LogP contribution in [0, 0.1) is 0 Å². The molecule has 0 bridgehead atoms. The van der Waals surface area contributed by atoms with Crippen LogP contribution in [-0.4, -0.2) is 52.2 Å². The molecule has 1 saturated heterocycles. The Morgan fingerprint density at radius 1 is 1.00 bits per heavy atom. The van der Waals surface area contributed by atoms with Gasteiger partial charge in [-0.2, -0.15) is 0 Å². The number of nitrogens with one attached hydrogen (secondary N) is 2. The lowest BCUT2D eigenvalue weighted by atomic mass is 10.2. The normalized spacial score (nSPS) is 15.4. The number of nitrogens with zero attached hydrogens (tertiary/aromatic N) is 2. The number of anilines is 1. The lowest BCUT2D eigenvalue weighted by Crippen LogP contribution is -2.25. The first kappa shape index (κ1) is 24.3. The van der Waals surface area contributed by atoms with E-state index in [0.717, 1.165) is 30.9 Å². The summed E-state index contributed by atoms with van der Waals surface area (Å²) in [5, 5.41) is 2.92. The zero-order valence-corrected chi connectivity index (χ0v) is 20.1. The molecule has 2 aliphatic heterocycles. The van der Waals surface area contributed by atoms with Crippen molar-refractivity contribution in [3.63, 3.8) is 0 Å². The summed E-state index contributed by atoms with van der Waals surface area (Å²) in [5.74, 6) is 1.98. The van der Waals surface area contributed by atoms with Gasteiger partial charge in [-0.05, 0) is 49.4 Å². The largest absolute Gasteiger partial charge is 0.486 e. The first-order valence-electron chi connectivity index (χ1n) is 11.9. The third-order valence-electron chi connectivity index (χ3n) is 5.93. The van der Waals surface area contributed by atoms with Crippen LogP contribution in [0.3, 0.4) is 0 Å². The van der Waals surface area contributed by atoms with Gasteiger partial charge in [-0.3, -0.25) is 4.79 Å². The Hall–Kier alpha value is -2.85. The summed E-state index contributed by atoms with van der Waals surface area (Å²) in [6.45, 7) is 3.75. The molecule has 1 aromatic carbocycles. The van der Waals surface area contributed by atoms with E-state index in [9.17, 15) is 13.2 Å². The van der Waals surface area contributed by atoms with Crippen LogP contribution in [0.4, 0.5) is 5.82 Å². The van der Waals surface area contributed by atoms with Crippen LogP contribution in [0.25, 0.3) is 0 Å². The highest BCUT2D eigenvalue weighted by atomic mass is 32.2. The van der Waals surface area contributed by atoms with Crippen LogP contribution in [0.5, 0.6) is 11.5 Å². The predicted octanol–water partition coefficient (Wildman–Crippen LogP) is 2.61. The number of unbranched alkanes of at least 4 members (excludes halogenated alkanes) is 2. The van der Waals surface area contributed by atoms with Gasteiger partial charge in [0.25, 0.3) is 0 Å². The van der Waals surface area contributed by atoms with E-state index in [4.69, 9.17) is 9.47 Å². The van der Waals surface area contributed by atoms with Crippen LogP contribution in [0.1, 0.15) is 44.1 Å². The third-order valence-corrected chi connectivity index (χ3v) is 7.38.